The lowest BCUT2D eigenvalue weighted by Gasteiger charge is -2.32. The Hall–Kier alpha value is -3.42. The molecule has 0 fully saturated rings. The maximum absolute atomic E-state index is 2.62. The summed E-state index contributed by atoms with van der Waals surface area (Å²) in [5.74, 6) is 1.09. The smallest absolute Gasteiger partial charge is 0.0686 e. The Labute approximate surface area is 248 Å². The SMILES string of the molecule is CC1=C([Si](C)(C)C2=C(C)Cc3cccc(-c4ccc(C(C)C)cc4)c32)c2c(cccc2-c2ccc(C(C)C)cc2)C1. The van der Waals surface area contributed by atoms with Crippen LogP contribution in [0, 0.1) is 0 Å². The van der Waals surface area contributed by atoms with E-state index in [0.29, 0.717) is 11.8 Å². The van der Waals surface area contributed by atoms with Crippen molar-refractivity contribution in [2.75, 3.05) is 0 Å². The summed E-state index contributed by atoms with van der Waals surface area (Å²) < 4.78 is 0. The average Bonchev–Trinajstić information content (AvgIpc) is 3.49. The van der Waals surface area contributed by atoms with E-state index in [9.17, 15) is 0 Å². The molecule has 2 aliphatic carbocycles. The first-order valence-electron chi connectivity index (χ1n) is 15.4. The lowest BCUT2D eigenvalue weighted by molar-refractivity contribution is 0.867. The third kappa shape index (κ3) is 4.69. The number of hydrogen-bond acceptors (Lipinski definition) is 0. The van der Waals surface area contributed by atoms with Gasteiger partial charge in [0.15, 0.2) is 0 Å². The van der Waals surface area contributed by atoms with Crippen molar-refractivity contribution in [2.24, 2.45) is 0 Å². The molecule has 41 heavy (non-hydrogen) atoms. The predicted octanol–water partition coefficient (Wildman–Crippen LogP) is 11.4. The number of hydrogen-bond donors (Lipinski definition) is 0. The Morgan fingerprint density at radius 2 is 0.878 bits per heavy atom. The van der Waals surface area contributed by atoms with Crippen LogP contribution in [0.2, 0.25) is 13.1 Å². The molecular weight excluding hydrogens is 509 g/mol. The summed E-state index contributed by atoms with van der Waals surface area (Å²) in [6.45, 7) is 19.1. The van der Waals surface area contributed by atoms with Gasteiger partial charge >= 0.3 is 0 Å². The molecule has 0 nitrogen and oxygen atoms in total. The maximum Gasteiger partial charge on any atom is 0.113 e. The van der Waals surface area contributed by atoms with Crippen LogP contribution in [0.15, 0.2) is 96.1 Å². The summed E-state index contributed by atoms with van der Waals surface area (Å²) in [6.07, 6.45) is 2.13. The van der Waals surface area contributed by atoms with Gasteiger partial charge in [-0.05, 0) is 105 Å². The second kappa shape index (κ2) is 10.4. The van der Waals surface area contributed by atoms with Crippen molar-refractivity contribution in [1.82, 2.24) is 0 Å². The Morgan fingerprint density at radius 3 is 1.22 bits per heavy atom. The quantitative estimate of drug-likeness (QED) is 0.209. The summed E-state index contributed by atoms with van der Waals surface area (Å²) in [7, 11) is -2.09. The molecule has 2 aliphatic rings. The van der Waals surface area contributed by atoms with Crippen molar-refractivity contribution < 1.29 is 0 Å². The maximum atomic E-state index is 2.62. The fourth-order valence-electron chi connectivity index (χ4n) is 7.65. The largest absolute Gasteiger partial charge is 0.113 e. The molecule has 1 heteroatoms. The molecule has 0 heterocycles. The first-order valence-corrected chi connectivity index (χ1v) is 18.4. The van der Waals surface area contributed by atoms with E-state index in [1.54, 1.807) is 21.5 Å². The molecule has 0 aliphatic heterocycles. The summed E-state index contributed by atoms with van der Waals surface area (Å²) in [5, 5.41) is 3.31. The highest BCUT2D eigenvalue weighted by atomic mass is 28.3. The van der Waals surface area contributed by atoms with E-state index in [0.717, 1.165) is 12.8 Å². The van der Waals surface area contributed by atoms with Gasteiger partial charge in [0.2, 0.25) is 0 Å². The molecule has 0 saturated heterocycles. The fourth-order valence-corrected chi connectivity index (χ4v) is 12.1. The van der Waals surface area contributed by atoms with Crippen molar-refractivity contribution in [3.63, 3.8) is 0 Å². The van der Waals surface area contributed by atoms with Crippen LogP contribution in [-0.2, 0) is 12.8 Å². The highest BCUT2D eigenvalue weighted by Gasteiger charge is 2.42. The number of fused-ring (bicyclic) bond motifs is 2. The van der Waals surface area contributed by atoms with Gasteiger partial charge < -0.3 is 0 Å². The second-order valence-corrected chi connectivity index (χ2v) is 17.8. The monoisotopic (exact) mass is 552 g/mol. The third-order valence-electron chi connectivity index (χ3n) is 9.59. The summed E-state index contributed by atoms with van der Waals surface area (Å²) in [6, 6.07) is 32.7. The van der Waals surface area contributed by atoms with Crippen LogP contribution in [0.1, 0.15) is 86.8 Å². The van der Waals surface area contributed by atoms with Crippen molar-refractivity contribution in [3.8, 4) is 22.3 Å². The van der Waals surface area contributed by atoms with E-state index >= 15 is 0 Å². The molecule has 0 atom stereocenters. The van der Waals surface area contributed by atoms with E-state index < -0.39 is 8.07 Å². The van der Waals surface area contributed by atoms with Gasteiger partial charge in [-0.15, -0.1) is 0 Å². The van der Waals surface area contributed by atoms with Gasteiger partial charge in [-0.3, -0.25) is 0 Å². The Morgan fingerprint density at radius 1 is 0.512 bits per heavy atom. The van der Waals surface area contributed by atoms with E-state index in [4.69, 9.17) is 0 Å². The standard InChI is InChI=1S/C40H44Si/c1-25(2)29-15-19-31(20-16-29)35-13-9-11-33-23-27(5)39(37(33)35)41(7,8)40-28(6)24-34-12-10-14-36(38(34)40)32-21-17-30(18-22-32)26(3)4/h9-22,25-26H,23-24H2,1-8H3. The normalized spacial score (nSPS) is 14.9. The van der Waals surface area contributed by atoms with Gasteiger partial charge in [-0.2, -0.15) is 0 Å². The Balaban J connectivity index is 1.49. The molecule has 0 amide bonds. The molecule has 4 aromatic carbocycles. The molecule has 0 saturated carbocycles. The predicted molar refractivity (Wildman–Crippen MR) is 182 cm³/mol. The van der Waals surface area contributed by atoms with E-state index in [2.05, 4.69) is 140 Å². The molecule has 0 aromatic heterocycles. The Bertz CT molecular complexity index is 1560. The fraction of sp³-hybridized carbons (Fsp3) is 0.300. The minimum atomic E-state index is -2.09. The summed E-state index contributed by atoms with van der Waals surface area (Å²) >= 11 is 0. The lowest BCUT2D eigenvalue weighted by Crippen LogP contribution is -2.31. The van der Waals surface area contributed by atoms with Crippen molar-refractivity contribution >= 4 is 18.5 Å². The van der Waals surface area contributed by atoms with Crippen LogP contribution in [0.3, 0.4) is 0 Å². The van der Waals surface area contributed by atoms with Gasteiger partial charge in [0.1, 0.15) is 8.07 Å². The van der Waals surface area contributed by atoms with Crippen LogP contribution in [0.4, 0.5) is 0 Å². The molecule has 0 radical (unpaired) electrons. The highest BCUT2D eigenvalue weighted by molar-refractivity contribution is 7.09. The van der Waals surface area contributed by atoms with E-state index in [-0.39, 0.29) is 0 Å². The minimum absolute atomic E-state index is 0.544. The van der Waals surface area contributed by atoms with Gasteiger partial charge in [0.05, 0.1) is 0 Å². The van der Waals surface area contributed by atoms with Crippen LogP contribution in [-0.4, -0.2) is 8.07 Å². The van der Waals surface area contributed by atoms with Crippen molar-refractivity contribution in [3.05, 3.63) is 129 Å². The molecular formula is C40H44Si. The van der Waals surface area contributed by atoms with Gasteiger partial charge in [-0.25, -0.2) is 0 Å². The number of rotatable bonds is 6. The molecule has 4 aromatic rings. The molecule has 0 bridgehead atoms. The summed E-state index contributed by atoms with van der Waals surface area (Å²) in [5.41, 5.74) is 17.5. The third-order valence-corrected chi connectivity index (χ3v) is 13.4. The molecule has 208 valence electrons. The summed E-state index contributed by atoms with van der Waals surface area (Å²) in [4.78, 5) is 0. The second-order valence-electron chi connectivity index (χ2n) is 13.5. The van der Waals surface area contributed by atoms with E-state index in [1.165, 1.54) is 55.6 Å². The highest BCUT2D eigenvalue weighted by Crippen LogP contribution is 2.52. The zero-order valence-electron chi connectivity index (χ0n) is 26.2. The van der Waals surface area contributed by atoms with Crippen LogP contribution < -0.4 is 0 Å². The first kappa shape index (κ1) is 27.7. The molecule has 6 rings (SSSR count). The van der Waals surface area contributed by atoms with Gasteiger partial charge in [0.25, 0.3) is 0 Å². The zero-order chi connectivity index (χ0) is 29.1. The average molecular weight is 553 g/mol. The van der Waals surface area contributed by atoms with Crippen LogP contribution >= 0.6 is 0 Å². The molecule has 0 N–H and O–H groups in total. The number of benzene rings is 4. The van der Waals surface area contributed by atoms with Crippen molar-refractivity contribution in [2.45, 2.75) is 79.3 Å². The molecule has 0 spiro atoms. The minimum Gasteiger partial charge on any atom is -0.0686 e. The van der Waals surface area contributed by atoms with Crippen LogP contribution in [0.25, 0.3) is 32.6 Å². The van der Waals surface area contributed by atoms with Crippen LogP contribution in [0.5, 0.6) is 0 Å². The number of allylic oxidation sites excluding steroid dienone is 2. The lowest BCUT2D eigenvalue weighted by atomic mass is 9.94. The van der Waals surface area contributed by atoms with Gasteiger partial charge in [-0.1, -0.05) is 137 Å². The van der Waals surface area contributed by atoms with E-state index in [1.807, 2.05) is 0 Å². The van der Waals surface area contributed by atoms with Gasteiger partial charge in [0, 0.05) is 0 Å². The zero-order valence-corrected chi connectivity index (χ0v) is 27.2. The first-order chi connectivity index (χ1) is 19.6. The van der Waals surface area contributed by atoms with Crippen molar-refractivity contribution in [1.29, 1.82) is 0 Å². The molecule has 0 unspecified atom stereocenters. The Kier molecular flexibility index (Phi) is 7.06. The topological polar surface area (TPSA) is 0 Å².